The van der Waals surface area contributed by atoms with E-state index < -0.39 is 10.0 Å². The van der Waals surface area contributed by atoms with Crippen molar-refractivity contribution in [2.75, 3.05) is 23.7 Å². The van der Waals surface area contributed by atoms with Crippen molar-refractivity contribution in [3.05, 3.63) is 30.3 Å². The van der Waals surface area contributed by atoms with Gasteiger partial charge in [0, 0.05) is 7.05 Å². The number of aliphatic hydroxyl groups is 1. The molecule has 0 atom stereocenters. The van der Waals surface area contributed by atoms with Gasteiger partial charge in [0.25, 0.3) is 0 Å². The van der Waals surface area contributed by atoms with Crippen molar-refractivity contribution in [2.45, 2.75) is 0 Å². The lowest BCUT2D eigenvalue weighted by Crippen LogP contribution is -2.30. The lowest BCUT2D eigenvalue weighted by atomic mass is 10.3. The molecule has 1 aromatic carbocycles. The molecule has 78 valence electrons. The minimum atomic E-state index is -3.38. The Hall–Kier alpha value is -1.07. The highest BCUT2D eigenvalue weighted by molar-refractivity contribution is 7.92. The van der Waals surface area contributed by atoms with Crippen LogP contribution in [0.4, 0.5) is 5.69 Å². The van der Waals surface area contributed by atoms with Crippen molar-refractivity contribution in [1.29, 1.82) is 0 Å². The Balaban J connectivity index is 2.91. The normalized spacial score (nSPS) is 11.3. The predicted molar refractivity (Wildman–Crippen MR) is 55.7 cm³/mol. The van der Waals surface area contributed by atoms with Crippen LogP contribution >= 0.6 is 0 Å². The Morgan fingerprint density at radius 3 is 2.36 bits per heavy atom. The Morgan fingerprint density at radius 1 is 1.29 bits per heavy atom. The van der Waals surface area contributed by atoms with E-state index >= 15 is 0 Å². The molecule has 0 saturated carbocycles. The van der Waals surface area contributed by atoms with Crippen molar-refractivity contribution >= 4 is 15.7 Å². The van der Waals surface area contributed by atoms with Gasteiger partial charge in [-0.1, -0.05) is 18.2 Å². The Kier molecular flexibility index (Phi) is 3.49. The van der Waals surface area contributed by atoms with E-state index in [1.54, 1.807) is 24.3 Å². The van der Waals surface area contributed by atoms with Crippen LogP contribution in [-0.2, 0) is 10.0 Å². The van der Waals surface area contributed by atoms with E-state index in [0.29, 0.717) is 5.69 Å². The predicted octanol–water partition coefficient (Wildman–Crippen LogP) is 0.445. The average Bonchev–Trinajstić information content (AvgIpc) is 2.18. The van der Waals surface area contributed by atoms with Gasteiger partial charge in [-0.25, -0.2) is 8.42 Å². The molecule has 0 bridgehead atoms. The number of rotatable bonds is 4. The number of anilines is 1. The highest BCUT2D eigenvalue weighted by Crippen LogP contribution is 2.14. The molecule has 0 amide bonds. The summed E-state index contributed by atoms with van der Waals surface area (Å²) in [5.74, 6) is -0.252. The van der Waals surface area contributed by atoms with Crippen LogP contribution < -0.4 is 4.31 Å². The van der Waals surface area contributed by atoms with Crippen LogP contribution in [0.1, 0.15) is 0 Å². The number of nitrogens with zero attached hydrogens (tertiary/aromatic N) is 1. The monoisotopic (exact) mass is 215 g/mol. The number of hydrogen-bond acceptors (Lipinski definition) is 3. The lowest BCUT2D eigenvalue weighted by Gasteiger charge is -2.18. The van der Waals surface area contributed by atoms with Gasteiger partial charge in [-0.3, -0.25) is 4.31 Å². The second-order valence-electron chi connectivity index (χ2n) is 2.84. The smallest absolute Gasteiger partial charge is 0.237 e. The van der Waals surface area contributed by atoms with Gasteiger partial charge >= 0.3 is 0 Å². The Labute approximate surface area is 83.8 Å². The summed E-state index contributed by atoms with van der Waals surface area (Å²) in [4.78, 5) is 0. The molecule has 0 saturated heterocycles. The molecular weight excluding hydrogens is 202 g/mol. The van der Waals surface area contributed by atoms with E-state index in [1.165, 1.54) is 11.4 Å². The molecule has 0 radical (unpaired) electrons. The zero-order valence-corrected chi connectivity index (χ0v) is 8.74. The first-order chi connectivity index (χ1) is 6.58. The molecule has 0 aliphatic heterocycles. The summed E-state index contributed by atoms with van der Waals surface area (Å²) in [6, 6.07) is 8.75. The van der Waals surface area contributed by atoms with Crippen LogP contribution in [0.5, 0.6) is 0 Å². The van der Waals surface area contributed by atoms with Crippen molar-refractivity contribution < 1.29 is 13.5 Å². The molecule has 0 aliphatic carbocycles. The van der Waals surface area contributed by atoms with E-state index in [4.69, 9.17) is 5.11 Å². The minimum Gasteiger partial charge on any atom is -0.395 e. The standard InChI is InChI=1S/C9H13NO3S/c1-10(14(12,13)8-7-11)9-5-3-2-4-6-9/h2-6,11H,7-8H2,1H3. The summed E-state index contributed by atoms with van der Waals surface area (Å²) in [5, 5.41) is 8.59. The zero-order valence-electron chi connectivity index (χ0n) is 7.92. The summed E-state index contributed by atoms with van der Waals surface area (Å²) in [6.07, 6.45) is 0. The number of aliphatic hydroxyl groups excluding tert-OH is 1. The fraction of sp³-hybridized carbons (Fsp3) is 0.333. The van der Waals surface area contributed by atoms with Crippen LogP contribution in [0.2, 0.25) is 0 Å². The van der Waals surface area contributed by atoms with E-state index in [1.807, 2.05) is 6.07 Å². The van der Waals surface area contributed by atoms with Crippen LogP contribution in [0.15, 0.2) is 30.3 Å². The molecule has 5 heteroatoms. The molecule has 0 aliphatic rings. The number of para-hydroxylation sites is 1. The van der Waals surface area contributed by atoms with Crippen molar-refractivity contribution in [3.63, 3.8) is 0 Å². The first-order valence-corrected chi connectivity index (χ1v) is 5.81. The third kappa shape index (κ3) is 2.46. The number of benzene rings is 1. The van der Waals surface area contributed by atoms with Crippen molar-refractivity contribution in [1.82, 2.24) is 0 Å². The molecule has 0 unspecified atom stereocenters. The van der Waals surface area contributed by atoms with Gasteiger partial charge in [0.15, 0.2) is 0 Å². The van der Waals surface area contributed by atoms with Gasteiger partial charge in [0.1, 0.15) is 0 Å². The SMILES string of the molecule is CN(c1ccccc1)S(=O)(=O)CCO. The second-order valence-corrected chi connectivity index (χ2v) is 4.96. The molecule has 0 spiro atoms. The fourth-order valence-electron chi connectivity index (χ4n) is 1.05. The molecule has 0 aromatic heterocycles. The molecular formula is C9H13NO3S. The zero-order chi connectivity index (χ0) is 10.6. The maximum Gasteiger partial charge on any atom is 0.237 e. The summed E-state index contributed by atoms with van der Waals surface area (Å²) < 4.78 is 24.2. The fourth-order valence-corrected chi connectivity index (χ4v) is 2.00. The molecule has 1 rings (SSSR count). The molecule has 1 N–H and O–H groups in total. The van der Waals surface area contributed by atoms with Crippen molar-refractivity contribution in [3.8, 4) is 0 Å². The third-order valence-corrected chi connectivity index (χ3v) is 3.63. The first-order valence-electron chi connectivity index (χ1n) is 4.20. The summed E-state index contributed by atoms with van der Waals surface area (Å²) >= 11 is 0. The molecule has 1 aromatic rings. The van der Waals surface area contributed by atoms with Gasteiger partial charge in [-0.15, -0.1) is 0 Å². The minimum absolute atomic E-state index is 0.252. The molecule has 4 nitrogen and oxygen atoms in total. The second kappa shape index (κ2) is 4.43. The van der Waals surface area contributed by atoms with Gasteiger partial charge in [0.05, 0.1) is 18.0 Å². The van der Waals surface area contributed by atoms with E-state index in [0.717, 1.165) is 0 Å². The average molecular weight is 215 g/mol. The highest BCUT2D eigenvalue weighted by atomic mass is 32.2. The molecule has 14 heavy (non-hydrogen) atoms. The number of hydrogen-bond donors (Lipinski definition) is 1. The Bertz CT molecular complexity index is 374. The largest absolute Gasteiger partial charge is 0.395 e. The maximum atomic E-state index is 11.5. The molecule has 0 heterocycles. The Morgan fingerprint density at radius 2 is 1.86 bits per heavy atom. The lowest BCUT2D eigenvalue weighted by molar-refractivity contribution is 0.319. The van der Waals surface area contributed by atoms with Crippen molar-refractivity contribution in [2.24, 2.45) is 0 Å². The number of sulfonamides is 1. The third-order valence-electron chi connectivity index (χ3n) is 1.89. The van der Waals surface area contributed by atoms with Crippen LogP contribution in [0, 0.1) is 0 Å². The quantitative estimate of drug-likeness (QED) is 0.793. The summed E-state index contributed by atoms with van der Waals surface area (Å²) in [5.41, 5.74) is 0.598. The van der Waals surface area contributed by atoms with Gasteiger partial charge < -0.3 is 5.11 Å². The van der Waals surface area contributed by atoms with Gasteiger partial charge in [-0.2, -0.15) is 0 Å². The first kappa shape index (κ1) is 11.0. The van der Waals surface area contributed by atoms with E-state index in [-0.39, 0.29) is 12.4 Å². The van der Waals surface area contributed by atoms with Crippen LogP contribution in [0.25, 0.3) is 0 Å². The van der Waals surface area contributed by atoms with E-state index in [2.05, 4.69) is 0 Å². The van der Waals surface area contributed by atoms with Gasteiger partial charge in [0.2, 0.25) is 10.0 Å². The highest BCUT2D eigenvalue weighted by Gasteiger charge is 2.16. The van der Waals surface area contributed by atoms with Crippen LogP contribution in [-0.4, -0.2) is 32.9 Å². The molecule has 0 fully saturated rings. The van der Waals surface area contributed by atoms with E-state index in [9.17, 15) is 8.42 Å². The maximum absolute atomic E-state index is 11.5. The topological polar surface area (TPSA) is 57.6 Å². The summed E-state index contributed by atoms with van der Waals surface area (Å²) in [6.45, 7) is -0.362. The van der Waals surface area contributed by atoms with Crippen LogP contribution in [0.3, 0.4) is 0 Å². The summed E-state index contributed by atoms with van der Waals surface area (Å²) in [7, 11) is -1.91. The van der Waals surface area contributed by atoms with Gasteiger partial charge in [-0.05, 0) is 12.1 Å².